The van der Waals surface area contributed by atoms with Gasteiger partial charge in [-0.25, -0.2) is 0 Å². The molecule has 1 heterocycles. The highest BCUT2D eigenvalue weighted by Crippen LogP contribution is 2.27. The van der Waals surface area contributed by atoms with E-state index in [9.17, 15) is 4.79 Å². The average molecular weight is 259 g/mol. The van der Waals surface area contributed by atoms with Crippen molar-refractivity contribution in [2.45, 2.75) is 0 Å². The summed E-state index contributed by atoms with van der Waals surface area (Å²) in [5, 5.41) is 1.47. The molecule has 0 atom stereocenters. The number of aromatic nitrogens is 1. The minimum absolute atomic E-state index is 0.609. The lowest BCUT2D eigenvalue weighted by Crippen LogP contribution is -1.76. The van der Waals surface area contributed by atoms with Gasteiger partial charge in [0.05, 0.1) is 10.2 Å². The van der Waals surface area contributed by atoms with Gasteiger partial charge in [0.1, 0.15) is 0 Å². The quantitative estimate of drug-likeness (QED) is 0.781. The summed E-state index contributed by atoms with van der Waals surface area (Å²) in [6.45, 7) is 0. The topological polar surface area (TPSA) is 32.9 Å². The van der Waals surface area contributed by atoms with Gasteiger partial charge in [-0.3, -0.25) is 4.79 Å². The minimum atomic E-state index is 0.609. The van der Waals surface area contributed by atoms with Crippen molar-refractivity contribution in [3.05, 3.63) is 33.4 Å². The van der Waals surface area contributed by atoms with Gasteiger partial charge in [-0.2, -0.15) is 0 Å². The first-order valence-corrected chi connectivity index (χ1v) is 4.81. The van der Waals surface area contributed by atoms with Crippen LogP contribution in [-0.4, -0.2) is 11.3 Å². The summed E-state index contributed by atoms with van der Waals surface area (Å²) in [5.74, 6) is 0. The summed E-state index contributed by atoms with van der Waals surface area (Å²) in [6, 6.07) is 5.39. The monoisotopic (exact) mass is 257 g/mol. The summed E-state index contributed by atoms with van der Waals surface area (Å²) < 4.78 is 0.694. The van der Waals surface area contributed by atoms with Crippen LogP contribution in [0.1, 0.15) is 10.4 Å². The molecule has 0 amide bonds. The molecule has 2 rings (SSSR count). The molecular formula is C9H5BrClNO. The fourth-order valence-corrected chi connectivity index (χ4v) is 1.96. The fraction of sp³-hybridized carbons (Fsp3) is 0. The number of hydrogen-bond acceptors (Lipinski definition) is 1. The zero-order valence-electron chi connectivity index (χ0n) is 6.47. The Morgan fingerprint density at radius 2 is 2.23 bits per heavy atom. The predicted molar refractivity (Wildman–Crippen MR) is 56.4 cm³/mol. The maximum Gasteiger partial charge on any atom is 0.153 e. The molecule has 1 aromatic carbocycles. The zero-order valence-corrected chi connectivity index (χ0v) is 8.82. The van der Waals surface area contributed by atoms with Crippen LogP contribution in [0.2, 0.25) is 5.02 Å². The number of carbonyl (C=O) groups excluding carboxylic acids is 1. The first kappa shape index (κ1) is 8.78. The molecule has 0 fully saturated rings. The zero-order chi connectivity index (χ0) is 9.42. The Bertz CT molecular complexity index is 478. The largest absolute Gasteiger partial charge is 0.349 e. The smallest absolute Gasteiger partial charge is 0.153 e. The highest BCUT2D eigenvalue weighted by atomic mass is 79.9. The third kappa shape index (κ3) is 1.38. The highest BCUT2D eigenvalue weighted by Gasteiger charge is 2.08. The second-order valence-corrected chi connectivity index (χ2v) is 3.89. The van der Waals surface area contributed by atoms with Crippen LogP contribution in [0.25, 0.3) is 10.9 Å². The number of rotatable bonds is 1. The van der Waals surface area contributed by atoms with Crippen LogP contribution in [0, 0.1) is 0 Å². The third-order valence-electron chi connectivity index (χ3n) is 1.87. The van der Waals surface area contributed by atoms with Gasteiger partial charge in [-0.15, -0.1) is 0 Å². The molecule has 2 nitrogen and oxygen atoms in total. The van der Waals surface area contributed by atoms with E-state index in [1.807, 2.05) is 6.07 Å². The maximum atomic E-state index is 10.7. The van der Waals surface area contributed by atoms with Gasteiger partial charge in [0.2, 0.25) is 0 Å². The van der Waals surface area contributed by atoms with Crippen molar-refractivity contribution < 1.29 is 4.79 Å². The number of H-pyrrole nitrogens is 1. The van der Waals surface area contributed by atoms with E-state index in [2.05, 4.69) is 20.9 Å². The van der Waals surface area contributed by atoms with E-state index in [0.717, 1.165) is 17.2 Å². The number of aromatic amines is 1. The van der Waals surface area contributed by atoms with Gasteiger partial charge in [0.25, 0.3) is 0 Å². The minimum Gasteiger partial charge on any atom is -0.349 e. The molecule has 0 aliphatic carbocycles. The van der Waals surface area contributed by atoms with E-state index >= 15 is 0 Å². The summed E-state index contributed by atoms with van der Waals surface area (Å²) in [6.07, 6.45) is 0.805. The van der Waals surface area contributed by atoms with Crippen LogP contribution in [0.4, 0.5) is 0 Å². The third-order valence-corrected chi connectivity index (χ3v) is 2.73. The number of nitrogens with one attached hydrogen (secondary N) is 1. The van der Waals surface area contributed by atoms with Gasteiger partial charge < -0.3 is 4.98 Å². The van der Waals surface area contributed by atoms with E-state index < -0.39 is 0 Å². The van der Waals surface area contributed by atoms with Crippen LogP contribution in [0.15, 0.2) is 22.8 Å². The number of fused-ring (bicyclic) bond motifs is 1. The van der Waals surface area contributed by atoms with Crippen LogP contribution < -0.4 is 0 Å². The Morgan fingerprint density at radius 1 is 1.46 bits per heavy atom. The molecule has 1 aromatic heterocycles. The highest BCUT2D eigenvalue weighted by molar-refractivity contribution is 9.10. The standard InChI is InChI=1S/C9H5BrClNO/c10-9-7(4-13)6-3-5(11)1-2-8(6)12-9/h1-4,12H. The van der Waals surface area contributed by atoms with Crippen LogP contribution in [-0.2, 0) is 0 Å². The van der Waals surface area contributed by atoms with Crippen molar-refractivity contribution in [3.8, 4) is 0 Å². The molecule has 66 valence electrons. The lowest BCUT2D eigenvalue weighted by Gasteiger charge is -1.90. The number of aldehydes is 1. The van der Waals surface area contributed by atoms with Crippen LogP contribution in [0.3, 0.4) is 0 Å². The molecule has 1 N–H and O–H groups in total. The van der Waals surface area contributed by atoms with Gasteiger partial charge in [-0.1, -0.05) is 11.6 Å². The second-order valence-electron chi connectivity index (χ2n) is 2.66. The van der Waals surface area contributed by atoms with Crippen molar-refractivity contribution in [2.75, 3.05) is 0 Å². The SMILES string of the molecule is O=Cc1c(Br)[nH]c2ccc(Cl)cc12. The Hall–Kier alpha value is -0.800. The lowest BCUT2D eigenvalue weighted by atomic mass is 10.2. The van der Waals surface area contributed by atoms with Gasteiger partial charge >= 0.3 is 0 Å². The Morgan fingerprint density at radius 3 is 2.92 bits per heavy atom. The molecule has 0 radical (unpaired) electrons. The Balaban J connectivity index is 2.88. The van der Waals surface area contributed by atoms with Crippen molar-refractivity contribution in [1.82, 2.24) is 4.98 Å². The summed E-state index contributed by atoms with van der Waals surface area (Å²) in [4.78, 5) is 13.8. The number of carbonyl (C=O) groups is 1. The van der Waals surface area contributed by atoms with E-state index in [0.29, 0.717) is 15.2 Å². The summed E-state index contributed by atoms with van der Waals surface area (Å²) in [7, 11) is 0. The van der Waals surface area contributed by atoms with Gasteiger partial charge in [-0.05, 0) is 34.1 Å². The van der Waals surface area contributed by atoms with Gasteiger partial charge in [0, 0.05) is 15.9 Å². The molecule has 0 saturated carbocycles. The molecule has 0 unspecified atom stereocenters. The second kappa shape index (κ2) is 3.16. The lowest BCUT2D eigenvalue weighted by molar-refractivity contribution is 0.112. The molecule has 13 heavy (non-hydrogen) atoms. The average Bonchev–Trinajstić information content (AvgIpc) is 2.40. The summed E-state index contributed by atoms with van der Waals surface area (Å²) in [5.41, 5.74) is 1.51. The fourth-order valence-electron chi connectivity index (χ4n) is 1.27. The normalized spacial score (nSPS) is 10.6. The Labute approximate surface area is 88.0 Å². The van der Waals surface area contributed by atoms with Gasteiger partial charge in [0.15, 0.2) is 6.29 Å². The molecule has 0 aliphatic heterocycles. The molecule has 0 saturated heterocycles. The first-order valence-electron chi connectivity index (χ1n) is 3.64. The first-order chi connectivity index (χ1) is 6.22. The number of hydrogen-bond donors (Lipinski definition) is 1. The molecule has 0 aliphatic rings. The van der Waals surface area contributed by atoms with Crippen LogP contribution >= 0.6 is 27.5 Å². The molecule has 2 aromatic rings. The molecule has 4 heteroatoms. The summed E-state index contributed by atoms with van der Waals surface area (Å²) >= 11 is 9.08. The van der Waals surface area contributed by atoms with Crippen molar-refractivity contribution in [2.24, 2.45) is 0 Å². The van der Waals surface area contributed by atoms with E-state index in [4.69, 9.17) is 11.6 Å². The van der Waals surface area contributed by atoms with E-state index in [1.165, 1.54) is 0 Å². The van der Waals surface area contributed by atoms with E-state index in [1.54, 1.807) is 12.1 Å². The van der Waals surface area contributed by atoms with Crippen molar-refractivity contribution in [1.29, 1.82) is 0 Å². The molecular weight excluding hydrogens is 253 g/mol. The van der Waals surface area contributed by atoms with Crippen molar-refractivity contribution in [3.63, 3.8) is 0 Å². The molecule has 0 spiro atoms. The van der Waals surface area contributed by atoms with Crippen molar-refractivity contribution >= 4 is 44.7 Å². The number of halogens is 2. The maximum absolute atomic E-state index is 10.7. The van der Waals surface area contributed by atoms with E-state index in [-0.39, 0.29) is 0 Å². The van der Waals surface area contributed by atoms with Crippen LogP contribution in [0.5, 0.6) is 0 Å². The molecule has 0 bridgehead atoms. The number of benzene rings is 1. The predicted octanol–water partition coefficient (Wildman–Crippen LogP) is 3.40. The Kier molecular flexibility index (Phi) is 2.14.